The van der Waals surface area contributed by atoms with Gasteiger partial charge in [0.15, 0.2) is 0 Å². The highest BCUT2D eigenvalue weighted by atomic mass is 16.4. The maximum absolute atomic E-state index is 10.9. The summed E-state index contributed by atoms with van der Waals surface area (Å²) in [5, 5.41) is 9.64. The van der Waals surface area contributed by atoms with E-state index in [0.29, 0.717) is 5.58 Å². The van der Waals surface area contributed by atoms with Crippen molar-refractivity contribution >= 4 is 22.6 Å². The van der Waals surface area contributed by atoms with Crippen molar-refractivity contribution in [1.29, 1.82) is 0 Å². The highest BCUT2D eigenvalue weighted by Gasteiger charge is 2.20. The fourth-order valence-electron chi connectivity index (χ4n) is 1.84. The van der Waals surface area contributed by atoms with Crippen molar-refractivity contribution in [2.75, 3.05) is 5.73 Å². The first kappa shape index (κ1) is 10.5. The molecule has 0 aliphatic rings. The van der Waals surface area contributed by atoms with Gasteiger partial charge < -0.3 is 15.3 Å². The van der Waals surface area contributed by atoms with Crippen LogP contribution in [0.5, 0.6) is 0 Å². The number of carboxylic acids is 1. The van der Waals surface area contributed by atoms with Crippen molar-refractivity contribution < 1.29 is 14.3 Å². The number of anilines is 1. The summed E-state index contributed by atoms with van der Waals surface area (Å²) in [6.45, 7) is 4.06. The molecule has 0 saturated carbocycles. The lowest BCUT2D eigenvalue weighted by Gasteiger charge is -2.06. The standard InChI is InChI=1S/C12H13NO3/c1-6(2)7-4-3-5-8-9(7)10(13)11(16-8)12(14)15/h3-6H,13H2,1-2H3,(H,14,15). The van der Waals surface area contributed by atoms with E-state index in [1.165, 1.54) is 0 Å². The summed E-state index contributed by atoms with van der Waals surface area (Å²) in [6.07, 6.45) is 0. The first-order valence-corrected chi connectivity index (χ1v) is 5.06. The predicted octanol–water partition coefficient (Wildman–Crippen LogP) is 2.84. The topological polar surface area (TPSA) is 76.5 Å². The zero-order valence-corrected chi connectivity index (χ0v) is 9.15. The molecule has 0 aliphatic heterocycles. The summed E-state index contributed by atoms with van der Waals surface area (Å²) < 4.78 is 5.23. The fourth-order valence-corrected chi connectivity index (χ4v) is 1.84. The minimum atomic E-state index is -1.14. The van der Waals surface area contributed by atoms with Crippen molar-refractivity contribution in [3.8, 4) is 0 Å². The summed E-state index contributed by atoms with van der Waals surface area (Å²) >= 11 is 0. The Morgan fingerprint density at radius 1 is 1.44 bits per heavy atom. The van der Waals surface area contributed by atoms with E-state index in [4.69, 9.17) is 15.3 Å². The third-order valence-electron chi connectivity index (χ3n) is 2.60. The lowest BCUT2D eigenvalue weighted by atomic mass is 9.98. The second-order valence-corrected chi connectivity index (χ2v) is 4.03. The zero-order chi connectivity index (χ0) is 11.9. The quantitative estimate of drug-likeness (QED) is 0.814. The molecular weight excluding hydrogens is 206 g/mol. The van der Waals surface area contributed by atoms with E-state index in [9.17, 15) is 4.79 Å². The molecule has 0 aliphatic carbocycles. The zero-order valence-electron chi connectivity index (χ0n) is 9.15. The van der Waals surface area contributed by atoms with Gasteiger partial charge in [0.2, 0.25) is 5.76 Å². The number of fused-ring (bicyclic) bond motifs is 1. The largest absolute Gasteiger partial charge is 0.475 e. The predicted molar refractivity (Wildman–Crippen MR) is 61.7 cm³/mol. The summed E-state index contributed by atoms with van der Waals surface area (Å²) in [4.78, 5) is 10.9. The summed E-state index contributed by atoms with van der Waals surface area (Å²) in [7, 11) is 0. The Kier molecular flexibility index (Phi) is 2.34. The molecule has 0 amide bonds. The van der Waals surface area contributed by atoms with Crippen LogP contribution in [-0.4, -0.2) is 11.1 Å². The molecule has 16 heavy (non-hydrogen) atoms. The number of carbonyl (C=O) groups is 1. The number of rotatable bonds is 2. The monoisotopic (exact) mass is 219 g/mol. The molecule has 0 radical (unpaired) electrons. The van der Waals surface area contributed by atoms with Crippen LogP contribution in [0.25, 0.3) is 11.0 Å². The van der Waals surface area contributed by atoms with Gasteiger partial charge in [-0.05, 0) is 17.5 Å². The van der Waals surface area contributed by atoms with E-state index in [1.54, 1.807) is 6.07 Å². The smallest absolute Gasteiger partial charge is 0.374 e. The average Bonchev–Trinajstić information content (AvgIpc) is 2.56. The van der Waals surface area contributed by atoms with Crippen molar-refractivity contribution in [3.05, 3.63) is 29.5 Å². The highest BCUT2D eigenvalue weighted by molar-refractivity contribution is 6.04. The van der Waals surface area contributed by atoms with Crippen LogP contribution in [0, 0.1) is 0 Å². The SMILES string of the molecule is CC(C)c1cccc2oc(C(=O)O)c(N)c12. The number of nitrogens with two attached hydrogens (primary N) is 1. The van der Waals surface area contributed by atoms with Crippen molar-refractivity contribution in [3.63, 3.8) is 0 Å². The molecule has 2 aromatic rings. The molecule has 3 N–H and O–H groups in total. The van der Waals surface area contributed by atoms with Crippen LogP contribution in [0.1, 0.15) is 35.9 Å². The van der Waals surface area contributed by atoms with Crippen LogP contribution in [-0.2, 0) is 0 Å². The van der Waals surface area contributed by atoms with Gasteiger partial charge in [-0.1, -0.05) is 26.0 Å². The second kappa shape index (κ2) is 3.56. The Bertz CT molecular complexity index is 555. The van der Waals surface area contributed by atoms with Crippen LogP contribution in [0.4, 0.5) is 5.69 Å². The number of carboxylic acid groups (broad SMARTS) is 1. The van der Waals surface area contributed by atoms with Crippen LogP contribution in [0.15, 0.2) is 22.6 Å². The van der Waals surface area contributed by atoms with Gasteiger partial charge in [0.1, 0.15) is 5.58 Å². The molecule has 0 spiro atoms. The molecule has 0 atom stereocenters. The Morgan fingerprint density at radius 3 is 2.69 bits per heavy atom. The van der Waals surface area contributed by atoms with Crippen molar-refractivity contribution in [2.24, 2.45) is 0 Å². The van der Waals surface area contributed by atoms with Crippen LogP contribution >= 0.6 is 0 Å². The van der Waals surface area contributed by atoms with Gasteiger partial charge in [-0.15, -0.1) is 0 Å². The molecule has 1 aromatic heterocycles. The van der Waals surface area contributed by atoms with Gasteiger partial charge in [-0.3, -0.25) is 0 Å². The molecule has 1 heterocycles. The third-order valence-corrected chi connectivity index (χ3v) is 2.60. The summed E-state index contributed by atoms with van der Waals surface area (Å²) in [5.74, 6) is -1.04. The lowest BCUT2D eigenvalue weighted by Crippen LogP contribution is -1.99. The normalized spacial score (nSPS) is 11.2. The molecule has 0 saturated heterocycles. The molecule has 4 heteroatoms. The van der Waals surface area contributed by atoms with Gasteiger partial charge in [-0.25, -0.2) is 4.79 Å². The van der Waals surface area contributed by atoms with Gasteiger partial charge >= 0.3 is 5.97 Å². The highest BCUT2D eigenvalue weighted by Crippen LogP contribution is 2.34. The number of aromatic carboxylic acids is 1. The van der Waals surface area contributed by atoms with Crippen LogP contribution in [0.2, 0.25) is 0 Å². The Balaban J connectivity index is 2.82. The molecule has 0 unspecified atom stereocenters. The van der Waals surface area contributed by atoms with E-state index in [2.05, 4.69) is 0 Å². The molecule has 1 aromatic carbocycles. The summed E-state index contributed by atoms with van der Waals surface area (Å²) in [5.41, 5.74) is 7.55. The molecule has 2 rings (SSSR count). The Morgan fingerprint density at radius 2 is 2.12 bits per heavy atom. The minimum absolute atomic E-state index is 0.178. The van der Waals surface area contributed by atoms with E-state index in [0.717, 1.165) is 10.9 Å². The minimum Gasteiger partial charge on any atom is -0.475 e. The van der Waals surface area contributed by atoms with Gasteiger partial charge in [0.05, 0.1) is 5.69 Å². The second-order valence-electron chi connectivity index (χ2n) is 4.03. The third kappa shape index (κ3) is 1.43. The maximum Gasteiger partial charge on any atom is 0.374 e. The summed E-state index contributed by atoms with van der Waals surface area (Å²) in [6, 6.07) is 5.50. The fraction of sp³-hybridized carbons (Fsp3) is 0.250. The van der Waals surface area contributed by atoms with Crippen molar-refractivity contribution in [1.82, 2.24) is 0 Å². The number of benzene rings is 1. The molecule has 4 nitrogen and oxygen atoms in total. The Hall–Kier alpha value is -1.97. The molecule has 84 valence electrons. The molecule has 0 fully saturated rings. The maximum atomic E-state index is 10.9. The number of nitrogen functional groups attached to an aromatic ring is 1. The van der Waals surface area contributed by atoms with Gasteiger partial charge in [0, 0.05) is 5.39 Å². The van der Waals surface area contributed by atoms with Crippen LogP contribution < -0.4 is 5.73 Å². The van der Waals surface area contributed by atoms with E-state index >= 15 is 0 Å². The van der Waals surface area contributed by atoms with E-state index in [-0.39, 0.29) is 17.4 Å². The Labute approximate surface area is 92.7 Å². The molecule has 0 bridgehead atoms. The first-order valence-electron chi connectivity index (χ1n) is 5.06. The van der Waals surface area contributed by atoms with Gasteiger partial charge in [0.25, 0.3) is 0 Å². The lowest BCUT2D eigenvalue weighted by molar-refractivity contribution is 0.0666. The number of hydrogen-bond acceptors (Lipinski definition) is 3. The average molecular weight is 219 g/mol. The van der Waals surface area contributed by atoms with Crippen LogP contribution in [0.3, 0.4) is 0 Å². The van der Waals surface area contributed by atoms with Gasteiger partial charge in [-0.2, -0.15) is 0 Å². The number of hydrogen-bond donors (Lipinski definition) is 2. The molecular formula is C12H13NO3. The van der Waals surface area contributed by atoms with Crippen molar-refractivity contribution in [2.45, 2.75) is 19.8 Å². The van der Waals surface area contributed by atoms with E-state index in [1.807, 2.05) is 26.0 Å². The number of furan rings is 1. The first-order chi connectivity index (χ1) is 7.52. The van der Waals surface area contributed by atoms with E-state index < -0.39 is 5.97 Å².